The molecule has 5 heterocycles. The number of carbonyl (C=O) groups is 1. The molecule has 3 saturated heterocycles. The number of nitro benzene ring substituents is 1. The van der Waals surface area contributed by atoms with E-state index in [1.54, 1.807) is 37.2 Å². The molecule has 1 aromatic carbocycles. The highest BCUT2D eigenvalue weighted by Crippen LogP contribution is 2.50. The second kappa shape index (κ2) is 17.4. The van der Waals surface area contributed by atoms with Crippen LogP contribution in [0.2, 0.25) is 22.2 Å². The number of ether oxygens (including phenoxy) is 5. The highest BCUT2D eigenvalue weighted by Gasteiger charge is 2.63. The number of imidazole rings is 1. The van der Waals surface area contributed by atoms with Crippen molar-refractivity contribution in [1.29, 1.82) is 0 Å². The molecule has 3 aliphatic rings. The molecule has 19 heteroatoms. The minimum absolute atomic E-state index is 0.00738. The summed E-state index contributed by atoms with van der Waals surface area (Å²) in [6.45, 7) is 18.7. The van der Waals surface area contributed by atoms with Crippen molar-refractivity contribution in [2.45, 2.75) is 127 Å². The standard InChI is InChI=1S/C38H58N6O11Si2/c1-24(2)56(25(3)4)51-21-30-32(54-57(55-56,26(5)6)27(7)8)33(53-38(48-10)16-19-49-20-17-38)36(52-30)43-23-41-31-34(39-22-40-35(31)43)42(9)37(45)50-18-15-28-11-13-29(14-12-28)44(46)47/h11-14,22-27,30,32-33,36H,15-21H2,1-10H3/t30-,32-,33-,36-/m1/s1. The Balaban J connectivity index is 1.34. The van der Waals surface area contributed by atoms with Crippen LogP contribution in [0.3, 0.4) is 0 Å². The lowest BCUT2D eigenvalue weighted by Gasteiger charge is -2.51. The van der Waals surface area contributed by atoms with Crippen LogP contribution in [-0.2, 0) is 43.1 Å². The molecule has 17 nitrogen and oxygen atoms in total. The maximum Gasteiger partial charge on any atom is 0.415 e. The van der Waals surface area contributed by atoms with E-state index in [4.69, 9.17) is 41.6 Å². The van der Waals surface area contributed by atoms with Crippen molar-refractivity contribution < 1.29 is 46.4 Å². The molecule has 314 valence electrons. The van der Waals surface area contributed by atoms with Crippen molar-refractivity contribution in [2.24, 2.45) is 0 Å². The molecule has 0 spiro atoms. The summed E-state index contributed by atoms with van der Waals surface area (Å²) in [4.78, 5) is 38.9. The number of hydrogen-bond acceptors (Lipinski definition) is 14. The van der Waals surface area contributed by atoms with Gasteiger partial charge in [-0.1, -0.05) is 67.5 Å². The van der Waals surface area contributed by atoms with Crippen LogP contribution in [0.5, 0.6) is 0 Å². The van der Waals surface area contributed by atoms with Crippen LogP contribution in [0, 0.1) is 10.1 Å². The Morgan fingerprint density at radius 2 is 1.65 bits per heavy atom. The van der Waals surface area contributed by atoms with Gasteiger partial charge in [0.1, 0.15) is 24.6 Å². The van der Waals surface area contributed by atoms with Gasteiger partial charge in [0.05, 0.1) is 37.7 Å². The van der Waals surface area contributed by atoms with Crippen LogP contribution in [-0.4, -0.2) is 112 Å². The zero-order valence-electron chi connectivity index (χ0n) is 34.7. The predicted molar refractivity (Wildman–Crippen MR) is 214 cm³/mol. The van der Waals surface area contributed by atoms with Gasteiger partial charge in [-0.2, -0.15) is 0 Å². The van der Waals surface area contributed by atoms with Gasteiger partial charge < -0.3 is 36.7 Å². The maximum absolute atomic E-state index is 13.3. The molecule has 0 aliphatic carbocycles. The van der Waals surface area contributed by atoms with E-state index in [2.05, 4.69) is 65.4 Å². The van der Waals surface area contributed by atoms with E-state index in [0.29, 0.717) is 43.6 Å². The van der Waals surface area contributed by atoms with Crippen LogP contribution >= 0.6 is 0 Å². The first kappa shape index (κ1) is 43.2. The summed E-state index contributed by atoms with van der Waals surface area (Å²) in [5.74, 6) is -0.724. The molecule has 6 rings (SSSR count). The highest BCUT2D eigenvalue weighted by molar-refractivity contribution is 6.84. The Morgan fingerprint density at radius 1 is 1.00 bits per heavy atom. The molecule has 0 saturated carbocycles. The molecular formula is C38H58N6O11Si2. The molecular weight excluding hydrogens is 773 g/mol. The largest absolute Gasteiger partial charge is 0.449 e. The summed E-state index contributed by atoms with van der Waals surface area (Å²) in [5.41, 5.74) is 2.03. The molecule has 0 unspecified atom stereocenters. The third-order valence-corrected chi connectivity index (χ3v) is 21.8. The summed E-state index contributed by atoms with van der Waals surface area (Å²) in [7, 11) is -2.74. The predicted octanol–water partition coefficient (Wildman–Crippen LogP) is 6.94. The van der Waals surface area contributed by atoms with Crippen LogP contribution in [0.15, 0.2) is 36.9 Å². The van der Waals surface area contributed by atoms with Crippen LogP contribution in [0.25, 0.3) is 11.2 Å². The van der Waals surface area contributed by atoms with E-state index in [1.165, 1.54) is 23.4 Å². The van der Waals surface area contributed by atoms with E-state index in [1.807, 2.05) is 0 Å². The van der Waals surface area contributed by atoms with Crippen molar-refractivity contribution >= 4 is 45.9 Å². The van der Waals surface area contributed by atoms with Gasteiger partial charge in [-0.15, -0.1) is 0 Å². The number of methoxy groups -OCH3 is 1. The Kier molecular flexibility index (Phi) is 13.2. The van der Waals surface area contributed by atoms with Gasteiger partial charge in [-0.3, -0.25) is 19.6 Å². The number of nitrogens with zero attached hydrogens (tertiary/aromatic N) is 6. The summed E-state index contributed by atoms with van der Waals surface area (Å²) in [5, 5.41) is 11.0. The number of anilines is 1. The van der Waals surface area contributed by atoms with Gasteiger partial charge in [-0.25, -0.2) is 19.7 Å². The zero-order chi connectivity index (χ0) is 41.3. The lowest BCUT2D eigenvalue weighted by molar-refractivity contribution is -0.384. The molecule has 3 fully saturated rings. The van der Waals surface area contributed by atoms with E-state index in [-0.39, 0.29) is 46.9 Å². The first-order chi connectivity index (χ1) is 27.1. The number of benzene rings is 1. The van der Waals surface area contributed by atoms with Crippen molar-refractivity contribution in [3.63, 3.8) is 0 Å². The average molecular weight is 831 g/mol. The second-order valence-corrected chi connectivity index (χ2v) is 25.1. The first-order valence-corrected chi connectivity index (χ1v) is 23.8. The zero-order valence-corrected chi connectivity index (χ0v) is 36.7. The number of rotatable bonds is 13. The quantitative estimate of drug-likeness (QED) is 0.0748. The Hall–Kier alpha value is -3.41. The Morgan fingerprint density at radius 3 is 2.25 bits per heavy atom. The molecule has 0 radical (unpaired) electrons. The third kappa shape index (κ3) is 8.40. The molecule has 1 amide bonds. The number of aromatic nitrogens is 4. The van der Waals surface area contributed by atoms with Crippen LogP contribution in [0.1, 0.15) is 80.0 Å². The van der Waals surface area contributed by atoms with Gasteiger partial charge in [0.25, 0.3) is 5.69 Å². The van der Waals surface area contributed by atoms with Gasteiger partial charge in [0.2, 0.25) is 0 Å². The summed E-state index contributed by atoms with van der Waals surface area (Å²) >= 11 is 0. The van der Waals surface area contributed by atoms with Gasteiger partial charge in [0, 0.05) is 45.6 Å². The number of hydrogen-bond donors (Lipinski definition) is 0. The highest BCUT2D eigenvalue weighted by atomic mass is 28.5. The molecule has 4 atom stereocenters. The van der Waals surface area contributed by atoms with Gasteiger partial charge >= 0.3 is 23.2 Å². The topological polar surface area (TPSA) is 181 Å². The summed E-state index contributed by atoms with van der Waals surface area (Å²) in [6.07, 6.45) is 1.11. The van der Waals surface area contributed by atoms with E-state index >= 15 is 0 Å². The lowest BCUT2D eigenvalue weighted by Crippen LogP contribution is -2.66. The number of nitro groups is 1. The summed E-state index contributed by atoms with van der Waals surface area (Å²) in [6, 6.07) is 6.12. The normalized spacial score (nSPS) is 24.5. The number of non-ortho nitro benzene ring substituents is 1. The molecule has 0 bridgehead atoms. The van der Waals surface area contributed by atoms with E-state index in [0.717, 1.165) is 5.56 Å². The number of carbonyl (C=O) groups excluding carboxylic acids is 1. The Bertz CT molecular complexity index is 1840. The minimum atomic E-state index is -3.08. The van der Waals surface area contributed by atoms with Crippen LogP contribution in [0.4, 0.5) is 16.3 Å². The molecule has 57 heavy (non-hydrogen) atoms. The van der Waals surface area contributed by atoms with E-state index < -0.39 is 58.5 Å². The monoisotopic (exact) mass is 830 g/mol. The molecule has 3 aromatic rings. The fourth-order valence-corrected chi connectivity index (χ4v) is 19.5. The SMILES string of the molecule is COC1(O[C@@H]2[C@@H]3O[Si](C(C)C)(C(C)C)O[Si](C(C)C)(C(C)C)OC[C@H]3O[C@H]2n2cnc3c(N(C)C(=O)OCCc4ccc([N+](=O)[O-])cc4)ncnc32)CCOCC1. The van der Waals surface area contributed by atoms with E-state index in [9.17, 15) is 14.9 Å². The third-order valence-electron chi connectivity index (χ3n) is 11.6. The lowest BCUT2D eigenvalue weighted by atomic mass is 10.1. The maximum atomic E-state index is 13.3. The summed E-state index contributed by atoms with van der Waals surface area (Å²) < 4.78 is 55.4. The first-order valence-electron chi connectivity index (χ1n) is 19.9. The molecule has 3 aliphatic heterocycles. The fourth-order valence-electron chi connectivity index (χ4n) is 8.27. The Labute approximate surface area is 336 Å². The molecule has 0 N–H and O–H groups in total. The smallest absolute Gasteiger partial charge is 0.415 e. The average Bonchev–Trinajstić information content (AvgIpc) is 3.75. The number of amides is 1. The second-order valence-electron chi connectivity index (χ2n) is 16.3. The van der Waals surface area contributed by atoms with Gasteiger partial charge in [0.15, 0.2) is 29.0 Å². The van der Waals surface area contributed by atoms with Crippen molar-refractivity contribution in [3.05, 3.63) is 52.6 Å². The minimum Gasteiger partial charge on any atom is -0.449 e. The van der Waals surface area contributed by atoms with Gasteiger partial charge in [-0.05, 0) is 27.7 Å². The van der Waals surface area contributed by atoms with Crippen LogP contribution < -0.4 is 4.90 Å². The van der Waals surface area contributed by atoms with Crippen molar-refractivity contribution in [3.8, 4) is 0 Å². The number of fused-ring (bicyclic) bond motifs is 2. The fraction of sp³-hybridized carbons (Fsp3) is 0.684. The van der Waals surface area contributed by atoms with Crippen molar-refractivity contribution in [2.75, 3.05) is 45.5 Å². The molecule has 2 aromatic heterocycles. The van der Waals surface area contributed by atoms with Crippen molar-refractivity contribution in [1.82, 2.24) is 19.5 Å².